The van der Waals surface area contributed by atoms with E-state index >= 15 is 0 Å². The van der Waals surface area contributed by atoms with Crippen molar-refractivity contribution >= 4 is 11.8 Å². The third kappa shape index (κ3) is 6.22. The molecule has 2 rings (SSSR count). The van der Waals surface area contributed by atoms with Crippen LogP contribution < -0.4 is 0 Å². The van der Waals surface area contributed by atoms with E-state index in [4.69, 9.17) is 4.74 Å². The zero-order valence-corrected chi connectivity index (χ0v) is 20.5. The van der Waals surface area contributed by atoms with Crippen LogP contribution in [0.4, 0.5) is 0 Å². The number of ketones is 1. The molecule has 0 saturated heterocycles. The molecule has 0 unspecified atom stereocenters. The van der Waals surface area contributed by atoms with E-state index in [-0.39, 0.29) is 36.0 Å². The molecule has 0 aromatic rings. The number of aliphatic hydroxyl groups excluding tert-OH is 2. The summed E-state index contributed by atoms with van der Waals surface area (Å²) in [5.74, 6) is -1.31. The van der Waals surface area contributed by atoms with Gasteiger partial charge in [0, 0.05) is 24.2 Å². The van der Waals surface area contributed by atoms with Gasteiger partial charge in [-0.15, -0.1) is 0 Å². The van der Waals surface area contributed by atoms with Gasteiger partial charge in [0.05, 0.1) is 12.7 Å². The number of carbonyl (C=O) groups is 2. The van der Waals surface area contributed by atoms with Crippen LogP contribution >= 0.6 is 0 Å². The van der Waals surface area contributed by atoms with Crippen LogP contribution in [0.2, 0.25) is 0 Å². The molecule has 32 heavy (non-hydrogen) atoms. The van der Waals surface area contributed by atoms with Crippen LogP contribution in [0.5, 0.6) is 0 Å². The largest absolute Gasteiger partial charge is 0.504 e. The highest BCUT2D eigenvalue weighted by Gasteiger charge is 2.51. The summed E-state index contributed by atoms with van der Waals surface area (Å²) in [5.41, 5.74) is 3.27. The summed E-state index contributed by atoms with van der Waals surface area (Å²) in [7, 11) is 0. The van der Waals surface area contributed by atoms with E-state index in [0.717, 1.165) is 24.8 Å². The molecular formula is C27H40O5. The van der Waals surface area contributed by atoms with Crippen molar-refractivity contribution in [1.82, 2.24) is 0 Å². The Kier molecular flexibility index (Phi) is 9.08. The average molecular weight is 445 g/mol. The van der Waals surface area contributed by atoms with Crippen molar-refractivity contribution in [1.29, 1.82) is 0 Å². The van der Waals surface area contributed by atoms with Gasteiger partial charge in [0.25, 0.3) is 0 Å². The van der Waals surface area contributed by atoms with Crippen LogP contribution in [-0.2, 0) is 14.3 Å². The summed E-state index contributed by atoms with van der Waals surface area (Å²) in [5, 5.41) is 21.5. The normalized spacial score (nSPS) is 34.1. The first kappa shape index (κ1) is 26.1. The Bertz CT molecular complexity index is 844. The molecule has 4 atom stereocenters. The average Bonchev–Trinajstić information content (AvgIpc) is 2.92. The quantitative estimate of drug-likeness (QED) is 0.427. The van der Waals surface area contributed by atoms with Gasteiger partial charge in [-0.25, -0.2) is 0 Å². The fraction of sp³-hybridized carbons (Fsp3) is 0.630. The van der Waals surface area contributed by atoms with Gasteiger partial charge in [-0.3, -0.25) is 9.59 Å². The van der Waals surface area contributed by atoms with Gasteiger partial charge in [0.1, 0.15) is 0 Å². The number of allylic oxidation sites excluding steroid dienone is 6. The highest BCUT2D eigenvalue weighted by Crippen LogP contribution is 2.50. The summed E-state index contributed by atoms with van der Waals surface area (Å²) < 4.78 is 5.19. The summed E-state index contributed by atoms with van der Waals surface area (Å²) in [4.78, 5) is 24.6. The van der Waals surface area contributed by atoms with Crippen LogP contribution in [0.3, 0.4) is 0 Å². The molecule has 5 heteroatoms. The predicted molar refractivity (Wildman–Crippen MR) is 127 cm³/mol. The molecule has 5 nitrogen and oxygen atoms in total. The zero-order valence-electron chi connectivity index (χ0n) is 20.5. The second kappa shape index (κ2) is 11.1. The van der Waals surface area contributed by atoms with Crippen molar-refractivity contribution in [3.8, 4) is 0 Å². The standard InChI is InChI=1S/C27H40O5/c1-17-8-7-9-18(2)14-15-27(6)22(12-11-19(3)23(29)13-10-17)24(25(30)26(27)31)20(4)16-32-21(5)28/h8,11,14,20,22-23,29-30H,7,9-10,12-13,15-16H2,1-6H3/b17-8-,18-14-,19-11-/t20-,22-,23+,27-/m1/s1. The number of carbonyl (C=O) groups excluding carboxylic acids is 2. The SMILES string of the molecule is CC(=O)OC[C@@H](C)C1=C(O)C(=O)[C@]2(C)C/C=C(/C)CC/C=C(/C)CC[C@H](O)/C(C)=C\C[C@H]12. The number of fused-ring (bicyclic) bond motifs is 1. The van der Waals surface area contributed by atoms with E-state index in [2.05, 4.69) is 26.0 Å². The van der Waals surface area contributed by atoms with E-state index in [9.17, 15) is 19.8 Å². The predicted octanol–water partition coefficient (Wildman–Crippen LogP) is 5.76. The zero-order chi connectivity index (χ0) is 24.1. The second-order valence-electron chi connectivity index (χ2n) is 9.89. The van der Waals surface area contributed by atoms with E-state index < -0.39 is 11.5 Å². The van der Waals surface area contributed by atoms with Crippen molar-refractivity contribution < 1.29 is 24.5 Å². The minimum Gasteiger partial charge on any atom is -0.504 e. The number of rotatable bonds is 3. The molecule has 0 spiro atoms. The third-order valence-corrected chi connectivity index (χ3v) is 7.14. The van der Waals surface area contributed by atoms with Crippen LogP contribution in [-0.4, -0.2) is 34.7 Å². The first-order valence-corrected chi connectivity index (χ1v) is 11.7. The Morgan fingerprint density at radius 1 is 1.19 bits per heavy atom. The van der Waals surface area contributed by atoms with Gasteiger partial charge in [0.2, 0.25) is 5.78 Å². The van der Waals surface area contributed by atoms with Crippen LogP contribution in [0.25, 0.3) is 0 Å². The van der Waals surface area contributed by atoms with Crippen molar-refractivity contribution in [3.05, 3.63) is 46.3 Å². The number of ether oxygens (including phenoxy) is 1. The monoisotopic (exact) mass is 444 g/mol. The maximum Gasteiger partial charge on any atom is 0.302 e. The Hall–Kier alpha value is -2.14. The highest BCUT2D eigenvalue weighted by atomic mass is 16.5. The molecule has 0 aliphatic heterocycles. The van der Waals surface area contributed by atoms with Crippen molar-refractivity contribution in [2.75, 3.05) is 6.61 Å². The molecule has 0 amide bonds. The molecule has 2 aliphatic carbocycles. The Balaban J connectivity index is 2.45. The van der Waals surface area contributed by atoms with Gasteiger partial charge in [0.15, 0.2) is 5.76 Å². The van der Waals surface area contributed by atoms with E-state index in [0.29, 0.717) is 24.8 Å². The molecule has 0 bridgehead atoms. The molecule has 178 valence electrons. The van der Waals surface area contributed by atoms with Crippen molar-refractivity contribution in [2.45, 2.75) is 86.2 Å². The lowest BCUT2D eigenvalue weighted by Gasteiger charge is -2.32. The second-order valence-corrected chi connectivity index (χ2v) is 9.89. The highest BCUT2D eigenvalue weighted by molar-refractivity contribution is 6.02. The summed E-state index contributed by atoms with van der Waals surface area (Å²) >= 11 is 0. The molecule has 0 radical (unpaired) electrons. The maximum absolute atomic E-state index is 13.3. The summed E-state index contributed by atoms with van der Waals surface area (Å²) in [6.07, 6.45) is 10.3. The molecule has 0 heterocycles. The number of aliphatic hydroxyl groups is 2. The van der Waals surface area contributed by atoms with E-state index in [1.54, 1.807) is 0 Å². The minimum atomic E-state index is -0.779. The third-order valence-electron chi connectivity index (χ3n) is 7.14. The molecule has 0 saturated carbocycles. The molecular weight excluding hydrogens is 404 g/mol. The van der Waals surface area contributed by atoms with Gasteiger partial charge >= 0.3 is 5.97 Å². The maximum atomic E-state index is 13.3. The summed E-state index contributed by atoms with van der Waals surface area (Å²) in [6, 6.07) is 0. The van der Waals surface area contributed by atoms with Crippen molar-refractivity contribution in [3.63, 3.8) is 0 Å². The Morgan fingerprint density at radius 2 is 1.84 bits per heavy atom. The molecule has 2 aliphatic rings. The van der Waals surface area contributed by atoms with Crippen LogP contribution in [0.1, 0.15) is 80.1 Å². The number of hydrogen-bond acceptors (Lipinski definition) is 5. The minimum absolute atomic E-state index is 0.125. The Labute approximate surface area is 192 Å². The van der Waals surface area contributed by atoms with Gasteiger partial charge in [-0.05, 0) is 70.4 Å². The molecule has 0 aromatic carbocycles. The fourth-order valence-corrected chi connectivity index (χ4v) is 4.77. The number of Topliss-reactive ketones (excluding diaryl/α,β-unsaturated/α-hetero) is 1. The van der Waals surface area contributed by atoms with E-state index in [1.807, 2.05) is 26.8 Å². The van der Waals surface area contributed by atoms with E-state index in [1.165, 1.54) is 18.1 Å². The number of esters is 1. The summed E-state index contributed by atoms with van der Waals surface area (Å²) in [6.45, 7) is 11.4. The lowest BCUT2D eigenvalue weighted by Crippen LogP contribution is -2.32. The number of hydrogen-bond donors (Lipinski definition) is 2. The Morgan fingerprint density at radius 3 is 2.50 bits per heavy atom. The van der Waals surface area contributed by atoms with Crippen molar-refractivity contribution in [2.24, 2.45) is 17.3 Å². The topological polar surface area (TPSA) is 83.8 Å². The fourth-order valence-electron chi connectivity index (χ4n) is 4.77. The molecule has 2 N–H and O–H groups in total. The smallest absolute Gasteiger partial charge is 0.302 e. The van der Waals surface area contributed by atoms with Crippen LogP contribution in [0, 0.1) is 17.3 Å². The molecule has 0 fully saturated rings. The lowest BCUT2D eigenvalue weighted by molar-refractivity contribution is -0.141. The first-order valence-electron chi connectivity index (χ1n) is 11.7. The first-order chi connectivity index (χ1) is 15.0. The van der Waals surface area contributed by atoms with Gasteiger partial charge in [-0.1, -0.05) is 43.2 Å². The van der Waals surface area contributed by atoms with Gasteiger partial charge in [-0.2, -0.15) is 0 Å². The molecule has 0 aromatic heterocycles. The van der Waals surface area contributed by atoms with Crippen LogP contribution in [0.15, 0.2) is 46.3 Å². The lowest BCUT2D eigenvalue weighted by atomic mass is 9.70. The van der Waals surface area contributed by atoms with Gasteiger partial charge < -0.3 is 14.9 Å².